The lowest BCUT2D eigenvalue weighted by Gasteiger charge is -2.34. The summed E-state index contributed by atoms with van der Waals surface area (Å²) >= 11 is 0. The number of halogens is 3. The zero-order valence-electron chi connectivity index (χ0n) is 9.80. The molecule has 1 atom stereocenters. The van der Waals surface area contributed by atoms with Crippen LogP contribution in [0, 0.1) is 17.5 Å². The average molecular weight is 260 g/mol. The largest absolute Gasteiger partial charge is 0.394 e. The molecule has 1 heterocycles. The van der Waals surface area contributed by atoms with Crippen LogP contribution in [0.3, 0.4) is 0 Å². The van der Waals surface area contributed by atoms with Crippen molar-refractivity contribution in [2.45, 2.75) is 6.04 Å². The van der Waals surface area contributed by atoms with Crippen LogP contribution in [-0.4, -0.2) is 42.8 Å². The highest BCUT2D eigenvalue weighted by molar-refractivity contribution is 5.24. The minimum Gasteiger partial charge on any atom is -0.394 e. The van der Waals surface area contributed by atoms with E-state index in [0.717, 1.165) is 6.07 Å². The number of hydrogen-bond donors (Lipinski definition) is 2. The SMILES string of the molecule is OC[C@H](c1cc(F)cc(F)c1F)N1CCNCC1. The molecule has 0 saturated carbocycles. The van der Waals surface area contributed by atoms with Gasteiger partial charge in [-0.2, -0.15) is 0 Å². The van der Waals surface area contributed by atoms with Crippen molar-refractivity contribution in [3.05, 3.63) is 35.1 Å². The fourth-order valence-corrected chi connectivity index (χ4v) is 2.22. The number of hydrogen-bond acceptors (Lipinski definition) is 3. The Morgan fingerprint density at radius 1 is 1.22 bits per heavy atom. The number of aliphatic hydroxyl groups excluding tert-OH is 1. The number of nitrogens with one attached hydrogen (secondary N) is 1. The van der Waals surface area contributed by atoms with Crippen molar-refractivity contribution in [2.24, 2.45) is 0 Å². The standard InChI is InChI=1S/C12H15F3N2O/c13-8-5-9(12(15)10(14)6-8)11(7-18)17-3-1-16-2-4-17/h5-6,11,16,18H,1-4,7H2/t11-/m1/s1. The second kappa shape index (κ2) is 5.69. The summed E-state index contributed by atoms with van der Waals surface area (Å²) in [5.74, 6) is -3.15. The third-order valence-corrected chi connectivity index (χ3v) is 3.15. The monoisotopic (exact) mass is 260 g/mol. The van der Waals surface area contributed by atoms with Gasteiger partial charge in [-0.3, -0.25) is 4.90 Å². The van der Waals surface area contributed by atoms with Crippen molar-refractivity contribution in [3.8, 4) is 0 Å². The molecule has 0 aromatic heterocycles. The van der Waals surface area contributed by atoms with E-state index in [1.807, 2.05) is 4.90 Å². The molecule has 0 radical (unpaired) electrons. The van der Waals surface area contributed by atoms with Crippen molar-refractivity contribution < 1.29 is 18.3 Å². The first-order valence-corrected chi connectivity index (χ1v) is 5.83. The van der Waals surface area contributed by atoms with E-state index < -0.39 is 23.5 Å². The molecule has 0 spiro atoms. The lowest BCUT2D eigenvalue weighted by molar-refractivity contribution is 0.107. The molecular formula is C12H15F3N2O. The van der Waals surface area contributed by atoms with Crippen molar-refractivity contribution in [2.75, 3.05) is 32.8 Å². The maximum atomic E-state index is 13.7. The Balaban J connectivity index is 2.31. The van der Waals surface area contributed by atoms with E-state index in [0.29, 0.717) is 32.2 Å². The molecular weight excluding hydrogens is 245 g/mol. The molecule has 1 fully saturated rings. The van der Waals surface area contributed by atoms with Crippen LogP contribution >= 0.6 is 0 Å². The Bertz CT molecular complexity index is 422. The van der Waals surface area contributed by atoms with Gasteiger partial charge < -0.3 is 10.4 Å². The normalized spacial score (nSPS) is 18.9. The van der Waals surface area contributed by atoms with Crippen molar-refractivity contribution >= 4 is 0 Å². The summed E-state index contributed by atoms with van der Waals surface area (Å²) in [6, 6.07) is 0.740. The van der Waals surface area contributed by atoms with Gasteiger partial charge in [0.1, 0.15) is 5.82 Å². The van der Waals surface area contributed by atoms with Crippen LogP contribution in [0.4, 0.5) is 13.2 Å². The molecule has 0 unspecified atom stereocenters. The number of rotatable bonds is 3. The van der Waals surface area contributed by atoms with E-state index in [4.69, 9.17) is 0 Å². The summed E-state index contributed by atoms with van der Waals surface area (Å²) in [5.41, 5.74) is -0.128. The molecule has 0 bridgehead atoms. The molecule has 18 heavy (non-hydrogen) atoms. The summed E-state index contributed by atoms with van der Waals surface area (Å²) in [6.45, 7) is 2.23. The molecule has 1 aromatic carbocycles. The molecule has 2 rings (SSSR count). The Hall–Kier alpha value is -1.11. The number of benzene rings is 1. The predicted octanol–water partition coefficient (Wildman–Crippen LogP) is 1.04. The predicted molar refractivity (Wildman–Crippen MR) is 60.6 cm³/mol. The van der Waals surface area contributed by atoms with Gasteiger partial charge in [-0.15, -0.1) is 0 Å². The second-order valence-electron chi connectivity index (χ2n) is 4.28. The smallest absolute Gasteiger partial charge is 0.163 e. The summed E-state index contributed by atoms with van der Waals surface area (Å²) in [5, 5.41) is 12.5. The minimum absolute atomic E-state index is 0.128. The second-order valence-corrected chi connectivity index (χ2v) is 4.28. The van der Waals surface area contributed by atoms with Crippen LogP contribution < -0.4 is 5.32 Å². The van der Waals surface area contributed by atoms with Gasteiger partial charge in [0, 0.05) is 37.8 Å². The van der Waals surface area contributed by atoms with Gasteiger partial charge in [0.25, 0.3) is 0 Å². The highest BCUT2D eigenvalue weighted by atomic mass is 19.2. The van der Waals surface area contributed by atoms with Crippen molar-refractivity contribution in [3.63, 3.8) is 0 Å². The quantitative estimate of drug-likeness (QED) is 0.797. The van der Waals surface area contributed by atoms with Gasteiger partial charge in [0.2, 0.25) is 0 Å². The molecule has 0 aliphatic carbocycles. The third kappa shape index (κ3) is 2.66. The van der Waals surface area contributed by atoms with Crippen LogP contribution in [0.25, 0.3) is 0 Å². The summed E-state index contributed by atoms with van der Waals surface area (Å²) < 4.78 is 40.0. The van der Waals surface area contributed by atoms with E-state index in [-0.39, 0.29) is 12.2 Å². The lowest BCUT2D eigenvalue weighted by atomic mass is 10.0. The number of aliphatic hydroxyl groups is 1. The van der Waals surface area contributed by atoms with Gasteiger partial charge >= 0.3 is 0 Å². The van der Waals surface area contributed by atoms with Crippen molar-refractivity contribution in [1.82, 2.24) is 10.2 Å². The van der Waals surface area contributed by atoms with E-state index in [1.165, 1.54) is 0 Å². The molecule has 1 saturated heterocycles. The third-order valence-electron chi connectivity index (χ3n) is 3.15. The fraction of sp³-hybridized carbons (Fsp3) is 0.500. The first kappa shape index (κ1) is 13.3. The molecule has 0 amide bonds. The van der Waals surface area contributed by atoms with Gasteiger partial charge in [-0.05, 0) is 6.07 Å². The zero-order chi connectivity index (χ0) is 13.1. The van der Waals surface area contributed by atoms with Gasteiger partial charge in [-0.1, -0.05) is 0 Å². The van der Waals surface area contributed by atoms with Crippen LogP contribution in [0.2, 0.25) is 0 Å². The molecule has 3 nitrogen and oxygen atoms in total. The zero-order valence-corrected chi connectivity index (χ0v) is 9.80. The molecule has 1 aliphatic rings. The maximum absolute atomic E-state index is 13.7. The summed E-state index contributed by atoms with van der Waals surface area (Å²) in [6.07, 6.45) is 0. The van der Waals surface area contributed by atoms with Gasteiger partial charge in [0.05, 0.1) is 12.6 Å². The first-order chi connectivity index (χ1) is 8.63. The Morgan fingerprint density at radius 2 is 1.89 bits per heavy atom. The van der Waals surface area contributed by atoms with E-state index >= 15 is 0 Å². The van der Waals surface area contributed by atoms with Gasteiger partial charge in [0.15, 0.2) is 11.6 Å². The van der Waals surface area contributed by atoms with Crippen LogP contribution in [0.5, 0.6) is 0 Å². The molecule has 1 aliphatic heterocycles. The molecule has 6 heteroatoms. The van der Waals surface area contributed by atoms with Gasteiger partial charge in [-0.25, -0.2) is 13.2 Å². The molecule has 2 N–H and O–H groups in total. The van der Waals surface area contributed by atoms with E-state index in [1.54, 1.807) is 0 Å². The molecule has 100 valence electrons. The van der Waals surface area contributed by atoms with Crippen molar-refractivity contribution in [1.29, 1.82) is 0 Å². The molecule has 1 aromatic rings. The highest BCUT2D eigenvalue weighted by Crippen LogP contribution is 2.25. The minimum atomic E-state index is -1.22. The number of nitrogens with zero attached hydrogens (tertiary/aromatic N) is 1. The Morgan fingerprint density at radius 3 is 2.50 bits per heavy atom. The maximum Gasteiger partial charge on any atom is 0.163 e. The summed E-state index contributed by atoms with van der Waals surface area (Å²) in [4.78, 5) is 1.81. The van der Waals surface area contributed by atoms with E-state index in [9.17, 15) is 18.3 Å². The van der Waals surface area contributed by atoms with Crippen LogP contribution in [0.15, 0.2) is 12.1 Å². The average Bonchev–Trinajstić information content (AvgIpc) is 2.37. The first-order valence-electron chi connectivity index (χ1n) is 5.83. The fourth-order valence-electron chi connectivity index (χ4n) is 2.22. The Kier molecular flexibility index (Phi) is 4.21. The lowest BCUT2D eigenvalue weighted by Crippen LogP contribution is -2.46. The topological polar surface area (TPSA) is 35.5 Å². The highest BCUT2D eigenvalue weighted by Gasteiger charge is 2.26. The van der Waals surface area contributed by atoms with Crippen LogP contribution in [0.1, 0.15) is 11.6 Å². The Labute approximate surface area is 103 Å². The van der Waals surface area contributed by atoms with E-state index in [2.05, 4.69) is 5.32 Å². The summed E-state index contributed by atoms with van der Waals surface area (Å²) in [7, 11) is 0. The van der Waals surface area contributed by atoms with Crippen LogP contribution in [-0.2, 0) is 0 Å². The number of piperazine rings is 1.